The second-order valence-electron chi connectivity index (χ2n) is 6.48. The van der Waals surface area contributed by atoms with Gasteiger partial charge < -0.3 is 4.74 Å². The Hall–Kier alpha value is -3.36. The number of methoxy groups -OCH3 is 1. The third-order valence-electron chi connectivity index (χ3n) is 4.34. The summed E-state index contributed by atoms with van der Waals surface area (Å²) in [5.41, 5.74) is 4.25. The summed E-state index contributed by atoms with van der Waals surface area (Å²) in [7, 11) is -2.49. The fraction of sp³-hybridized carbons (Fsp3) is 0.0909. The molecule has 0 atom stereocenters. The fourth-order valence-electron chi connectivity index (χ4n) is 2.69. The number of amides is 1. The standard InChI is InChI=1S/C22H20ClN3O4S/c1-15(16-10-12-18(23)13-11-16)24-25-22(27)17-6-5-7-19(14-17)31(28,29)26-20-8-3-4-9-21(20)30-2/h3-14,26H,1-2H3,(H,25,27). The minimum Gasteiger partial charge on any atom is -0.495 e. The van der Waals surface area contributed by atoms with E-state index in [0.29, 0.717) is 22.2 Å². The minimum absolute atomic E-state index is 0.0653. The van der Waals surface area contributed by atoms with Crippen LogP contribution in [0.25, 0.3) is 0 Å². The van der Waals surface area contributed by atoms with E-state index in [0.717, 1.165) is 5.56 Å². The number of hydrazone groups is 1. The predicted octanol–water partition coefficient (Wildman–Crippen LogP) is 4.30. The van der Waals surface area contributed by atoms with Crippen LogP contribution in [-0.4, -0.2) is 27.1 Å². The summed E-state index contributed by atoms with van der Waals surface area (Å²) in [4.78, 5) is 12.4. The van der Waals surface area contributed by atoms with Gasteiger partial charge >= 0.3 is 0 Å². The highest BCUT2D eigenvalue weighted by molar-refractivity contribution is 7.92. The Balaban J connectivity index is 1.78. The van der Waals surface area contributed by atoms with Crippen LogP contribution < -0.4 is 14.9 Å². The highest BCUT2D eigenvalue weighted by Gasteiger charge is 2.18. The number of hydrogen-bond acceptors (Lipinski definition) is 5. The highest BCUT2D eigenvalue weighted by Crippen LogP contribution is 2.26. The molecule has 0 spiro atoms. The van der Waals surface area contributed by atoms with Crippen molar-refractivity contribution in [3.05, 3.63) is 88.9 Å². The number of nitrogens with zero attached hydrogens (tertiary/aromatic N) is 1. The quantitative estimate of drug-likeness (QED) is 0.408. The first kappa shape index (κ1) is 22.3. The number of para-hydroxylation sites is 2. The van der Waals surface area contributed by atoms with E-state index in [1.807, 2.05) is 0 Å². The predicted molar refractivity (Wildman–Crippen MR) is 121 cm³/mol. The Labute approximate surface area is 185 Å². The maximum atomic E-state index is 12.8. The number of rotatable bonds is 7. The number of carbonyl (C=O) groups excluding carboxylic acids is 1. The lowest BCUT2D eigenvalue weighted by Gasteiger charge is -2.12. The molecule has 3 aromatic carbocycles. The van der Waals surface area contributed by atoms with Crippen molar-refractivity contribution in [2.75, 3.05) is 11.8 Å². The highest BCUT2D eigenvalue weighted by atomic mass is 35.5. The SMILES string of the molecule is COc1ccccc1NS(=O)(=O)c1cccc(C(=O)NN=C(C)c2ccc(Cl)cc2)c1. The summed E-state index contributed by atoms with van der Waals surface area (Å²) in [5, 5.41) is 4.67. The number of nitrogens with one attached hydrogen (secondary N) is 2. The molecule has 2 N–H and O–H groups in total. The van der Waals surface area contributed by atoms with Gasteiger partial charge in [-0.1, -0.05) is 41.9 Å². The van der Waals surface area contributed by atoms with Gasteiger partial charge in [0.2, 0.25) is 0 Å². The first-order valence-electron chi connectivity index (χ1n) is 9.16. The van der Waals surface area contributed by atoms with Gasteiger partial charge in [0.05, 0.1) is 23.4 Å². The number of sulfonamides is 1. The second-order valence-corrected chi connectivity index (χ2v) is 8.60. The van der Waals surface area contributed by atoms with E-state index in [1.54, 1.807) is 55.5 Å². The van der Waals surface area contributed by atoms with Gasteiger partial charge in [-0.2, -0.15) is 5.10 Å². The van der Waals surface area contributed by atoms with E-state index in [1.165, 1.54) is 31.4 Å². The van der Waals surface area contributed by atoms with Crippen molar-refractivity contribution in [2.45, 2.75) is 11.8 Å². The summed E-state index contributed by atoms with van der Waals surface area (Å²) >= 11 is 5.87. The molecule has 0 aliphatic carbocycles. The molecule has 0 saturated carbocycles. The molecule has 0 bridgehead atoms. The van der Waals surface area contributed by atoms with Crippen molar-refractivity contribution in [3.8, 4) is 5.75 Å². The van der Waals surface area contributed by atoms with Crippen LogP contribution in [0.3, 0.4) is 0 Å². The monoisotopic (exact) mass is 457 g/mol. The smallest absolute Gasteiger partial charge is 0.271 e. The maximum absolute atomic E-state index is 12.8. The molecule has 3 aromatic rings. The molecule has 0 unspecified atom stereocenters. The van der Waals surface area contributed by atoms with Crippen molar-refractivity contribution in [3.63, 3.8) is 0 Å². The number of halogens is 1. The van der Waals surface area contributed by atoms with E-state index < -0.39 is 15.9 Å². The van der Waals surface area contributed by atoms with Gasteiger partial charge in [0.15, 0.2) is 0 Å². The molecule has 0 fully saturated rings. The third-order valence-corrected chi connectivity index (χ3v) is 5.96. The molecule has 0 radical (unpaired) electrons. The Kier molecular flexibility index (Phi) is 6.94. The molecule has 0 aliphatic heterocycles. The molecule has 0 aliphatic rings. The van der Waals surface area contributed by atoms with Gasteiger partial charge in [-0.15, -0.1) is 0 Å². The largest absolute Gasteiger partial charge is 0.495 e. The van der Waals surface area contributed by atoms with Gasteiger partial charge in [-0.05, 0) is 55.0 Å². The topological polar surface area (TPSA) is 96.9 Å². The molecule has 7 nitrogen and oxygen atoms in total. The average Bonchev–Trinajstić information content (AvgIpc) is 2.78. The van der Waals surface area contributed by atoms with Gasteiger partial charge in [-0.25, -0.2) is 13.8 Å². The molecule has 0 saturated heterocycles. The van der Waals surface area contributed by atoms with E-state index in [2.05, 4.69) is 15.2 Å². The first-order valence-corrected chi connectivity index (χ1v) is 11.0. The van der Waals surface area contributed by atoms with Crippen LogP contribution in [0, 0.1) is 0 Å². The number of hydrogen-bond donors (Lipinski definition) is 2. The molecular formula is C22H20ClN3O4S. The van der Waals surface area contributed by atoms with Crippen molar-refractivity contribution < 1.29 is 17.9 Å². The molecular weight excluding hydrogens is 438 g/mol. The van der Waals surface area contributed by atoms with Crippen LogP contribution >= 0.6 is 11.6 Å². The lowest BCUT2D eigenvalue weighted by Crippen LogP contribution is -2.20. The van der Waals surface area contributed by atoms with E-state index in [-0.39, 0.29) is 10.5 Å². The van der Waals surface area contributed by atoms with E-state index in [9.17, 15) is 13.2 Å². The average molecular weight is 458 g/mol. The van der Waals surface area contributed by atoms with Crippen molar-refractivity contribution in [1.82, 2.24) is 5.43 Å². The molecule has 3 rings (SSSR count). The van der Waals surface area contributed by atoms with Crippen LogP contribution in [0.5, 0.6) is 5.75 Å². The summed E-state index contributed by atoms with van der Waals surface area (Å²) < 4.78 is 33.2. The van der Waals surface area contributed by atoms with Gasteiger partial charge in [0.1, 0.15) is 5.75 Å². The number of benzene rings is 3. The summed E-state index contributed by atoms with van der Waals surface area (Å²) in [6, 6.07) is 19.3. The Bertz CT molecular complexity index is 1230. The normalized spacial score (nSPS) is 11.6. The Morgan fingerprint density at radius 2 is 1.68 bits per heavy atom. The summed E-state index contributed by atoms with van der Waals surface area (Å²) in [5.74, 6) is -0.158. The zero-order chi connectivity index (χ0) is 22.4. The van der Waals surface area contributed by atoms with Crippen LogP contribution in [-0.2, 0) is 10.0 Å². The van der Waals surface area contributed by atoms with Gasteiger partial charge in [0.25, 0.3) is 15.9 Å². The second kappa shape index (κ2) is 9.63. The van der Waals surface area contributed by atoms with Gasteiger partial charge in [-0.3, -0.25) is 9.52 Å². The zero-order valence-corrected chi connectivity index (χ0v) is 18.4. The van der Waals surface area contributed by atoms with Crippen molar-refractivity contribution in [1.29, 1.82) is 0 Å². The number of carbonyl (C=O) groups is 1. The third kappa shape index (κ3) is 5.62. The summed E-state index contributed by atoms with van der Waals surface area (Å²) in [6.45, 7) is 1.74. The Morgan fingerprint density at radius 1 is 0.968 bits per heavy atom. The van der Waals surface area contributed by atoms with Crippen LogP contribution in [0.1, 0.15) is 22.8 Å². The minimum atomic E-state index is -3.94. The van der Waals surface area contributed by atoms with Gasteiger partial charge in [0, 0.05) is 10.6 Å². The molecule has 31 heavy (non-hydrogen) atoms. The molecule has 1 amide bonds. The molecule has 9 heteroatoms. The van der Waals surface area contributed by atoms with Crippen LogP contribution in [0.2, 0.25) is 5.02 Å². The van der Waals surface area contributed by atoms with Crippen LogP contribution in [0.15, 0.2) is 82.8 Å². The summed E-state index contributed by atoms with van der Waals surface area (Å²) in [6.07, 6.45) is 0. The molecule has 0 heterocycles. The molecule has 0 aromatic heterocycles. The maximum Gasteiger partial charge on any atom is 0.271 e. The fourth-order valence-corrected chi connectivity index (χ4v) is 3.93. The lowest BCUT2D eigenvalue weighted by molar-refractivity contribution is 0.0954. The zero-order valence-electron chi connectivity index (χ0n) is 16.8. The van der Waals surface area contributed by atoms with Crippen molar-refractivity contribution in [2.24, 2.45) is 5.10 Å². The first-order chi connectivity index (χ1) is 14.8. The number of anilines is 1. The Morgan fingerprint density at radius 3 is 2.39 bits per heavy atom. The van der Waals surface area contributed by atoms with E-state index >= 15 is 0 Å². The van der Waals surface area contributed by atoms with Crippen LogP contribution in [0.4, 0.5) is 5.69 Å². The van der Waals surface area contributed by atoms with Crippen molar-refractivity contribution >= 4 is 38.9 Å². The number of ether oxygens (including phenoxy) is 1. The lowest BCUT2D eigenvalue weighted by atomic mass is 10.1. The van der Waals surface area contributed by atoms with E-state index in [4.69, 9.17) is 16.3 Å². The molecule has 160 valence electrons.